The van der Waals surface area contributed by atoms with Gasteiger partial charge in [0.25, 0.3) is 5.56 Å². The van der Waals surface area contributed by atoms with Gasteiger partial charge in [-0.25, -0.2) is 14.2 Å². The normalized spacial score (nSPS) is 17.6. The van der Waals surface area contributed by atoms with E-state index in [2.05, 4.69) is 10.3 Å². The van der Waals surface area contributed by atoms with Crippen LogP contribution in [0.15, 0.2) is 58.1 Å². The molecule has 2 aliphatic heterocycles. The van der Waals surface area contributed by atoms with E-state index >= 15 is 0 Å². The molecule has 0 saturated carbocycles. The maximum absolute atomic E-state index is 13.5. The van der Waals surface area contributed by atoms with Crippen molar-refractivity contribution in [1.29, 1.82) is 5.26 Å². The number of rotatable bonds is 4. The van der Waals surface area contributed by atoms with E-state index in [1.165, 1.54) is 35.2 Å². The maximum Gasteiger partial charge on any atom is 0.493 e. The number of hydrogen-bond acceptors (Lipinski definition) is 9. The second-order valence-corrected chi connectivity index (χ2v) is 8.99. The van der Waals surface area contributed by atoms with Crippen molar-refractivity contribution in [2.24, 2.45) is 0 Å². The molecule has 0 bridgehead atoms. The molecule has 2 aliphatic rings. The summed E-state index contributed by atoms with van der Waals surface area (Å²) in [7, 11) is 0. The summed E-state index contributed by atoms with van der Waals surface area (Å²) in [4.78, 5) is 48.9. The number of fused-ring (bicyclic) bond motifs is 1. The quantitative estimate of drug-likeness (QED) is 0.493. The smallest absolute Gasteiger partial charge is 0.327 e. The fourth-order valence-corrected chi connectivity index (χ4v) is 4.79. The molecule has 3 heterocycles. The molecule has 5 rings (SSSR count). The van der Waals surface area contributed by atoms with Gasteiger partial charge in [-0.2, -0.15) is 18.4 Å². The SMILES string of the molecule is N#Cc1cccc(-n2c3c(c(=O)[nH]c2=O)N(c2ccccc2Cl)C(N2CCNCC2)N3OC(=O)C(F)(F)F)c1. The molecule has 1 fully saturated rings. The van der Waals surface area contributed by atoms with E-state index < -0.39 is 35.5 Å². The Bertz CT molecular complexity index is 1590. The second kappa shape index (κ2) is 10.1. The first-order chi connectivity index (χ1) is 18.6. The molecule has 0 amide bonds. The highest BCUT2D eigenvalue weighted by Gasteiger charge is 2.51. The minimum Gasteiger partial charge on any atom is -0.327 e. The van der Waals surface area contributed by atoms with Crippen LogP contribution in [0.2, 0.25) is 5.02 Å². The average Bonchev–Trinajstić information content (AvgIpc) is 3.23. The number of hydrogen-bond donors (Lipinski definition) is 2. The molecule has 1 unspecified atom stereocenters. The highest BCUT2D eigenvalue weighted by atomic mass is 35.5. The number of aromatic nitrogens is 2. The van der Waals surface area contributed by atoms with Crippen molar-refractivity contribution < 1.29 is 22.8 Å². The van der Waals surface area contributed by atoms with Crippen molar-refractivity contribution in [3.8, 4) is 11.8 Å². The first-order valence-electron chi connectivity index (χ1n) is 11.6. The Kier molecular flexibility index (Phi) is 6.81. The number of nitrogens with zero attached hydrogens (tertiary/aromatic N) is 5. The first kappa shape index (κ1) is 26.3. The molecule has 39 heavy (non-hydrogen) atoms. The van der Waals surface area contributed by atoms with Gasteiger partial charge in [-0.3, -0.25) is 19.6 Å². The van der Waals surface area contributed by atoms with Gasteiger partial charge in [0.15, 0.2) is 11.5 Å². The van der Waals surface area contributed by atoms with Crippen LogP contribution in [-0.2, 0) is 9.63 Å². The van der Waals surface area contributed by atoms with E-state index in [0.29, 0.717) is 18.2 Å². The summed E-state index contributed by atoms with van der Waals surface area (Å²) < 4.78 is 41.3. The van der Waals surface area contributed by atoms with E-state index in [1.807, 2.05) is 6.07 Å². The van der Waals surface area contributed by atoms with Crippen molar-refractivity contribution in [2.45, 2.75) is 12.5 Å². The molecule has 1 saturated heterocycles. The number of carbonyl (C=O) groups excluding carboxylic acids is 1. The summed E-state index contributed by atoms with van der Waals surface area (Å²) in [6, 6.07) is 13.9. The van der Waals surface area contributed by atoms with Crippen LogP contribution in [0.1, 0.15) is 5.56 Å². The molecule has 202 valence electrons. The van der Waals surface area contributed by atoms with Crippen molar-refractivity contribution in [3.05, 3.63) is 80.0 Å². The summed E-state index contributed by atoms with van der Waals surface area (Å²) in [5.41, 5.74) is -1.87. The molecule has 0 aliphatic carbocycles. The number of carbonyl (C=O) groups is 1. The van der Waals surface area contributed by atoms with Crippen LogP contribution in [0, 0.1) is 11.3 Å². The largest absolute Gasteiger partial charge is 0.493 e. The molecule has 3 aromatic rings. The number of nitrogens with one attached hydrogen (secondary N) is 2. The van der Waals surface area contributed by atoms with Gasteiger partial charge in [-0.1, -0.05) is 29.8 Å². The Labute approximate surface area is 223 Å². The highest BCUT2D eigenvalue weighted by Crippen LogP contribution is 2.45. The van der Waals surface area contributed by atoms with E-state index in [9.17, 15) is 32.8 Å². The molecule has 11 nitrogen and oxygen atoms in total. The summed E-state index contributed by atoms with van der Waals surface area (Å²) in [5.74, 6) is -3.00. The number of para-hydroxylation sites is 1. The third-order valence-electron chi connectivity index (χ3n) is 6.19. The van der Waals surface area contributed by atoms with Crippen LogP contribution in [0.3, 0.4) is 0 Å². The molecule has 2 N–H and O–H groups in total. The first-order valence-corrected chi connectivity index (χ1v) is 12.0. The van der Waals surface area contributed by atoms with Crippen LogP contribution in [0.25, 0.3) is 5.69 Å². The number of anilines is 3. The Hall–Kier alpha value is -4.32. The minimum atomic E-state index is -5.39. The number of benzene rings is 2. The number of alkyl halides is 3. The zero-order valence-corrected chi connectivity index (χ0v) is 20.7. The van der Waals surface area contributed by atoms with Gasteiger partial charge in [-0.15, -0.1) is 5.06 Å². The summed E-state index contributed by atoms with van der Waals surface area (Å²) >= 11 is 6.49. The molecule has 15 heteroatoms. The van der Waals surface area contributed by atoms with E-state index in [0.717, 1.165) is 4.57 Å². The van der Waals surface area contributed by atoms with Crippen LogP contribution in [0.4, 0.5) is 30.4 Å². The van der Waals surface area contributed by atoms with Crippen molar-refractivity contribution in [3.63, 3.8) is 0 Å². The Morgan fingerprint density at radius 2 is 1.82 bits per heavy atom. The fourth-order valence-electron chi connectivity index (χ4n) is 4.57. The predicted octanol–water partition coefficient (Wildman–Crippen LogP) is 2.22. The highest BCUT2D eigenvalue weighted by molar-refractivity contribution is 6.33. The van der Waals surface area contributed by atoms with Crippen molar-refractivity contribution >= 4 is 34.8 Å². The third-order valence-corrected chi connectivity index (χ3v) is 6.51. The lowest BCUT2D eigenvalue weighted by atomic mass is 10.2. The molecule has 2 aromatic carbocycles. The fraction of sp³-hybridized carbons (Fsp3) is 0.250. The second-order valence-electron chi connectivity index (χ2n) is 8.59. The lowest BCUT2D eigenvalue weighted by Crippen LogP contribution is -2.60. The average molecular weight is 562 g/mol. The minimum absolute atomic E-state index is 0.0414. The Morgan fingerprint density at radius 1 is 1.10 bits per heavy atom. The standard InChI is InChI=1S/C24H19ClF3N7O4/c25-16-6-1-2-7-17(16)34-18-19(36)31-22(38)33(15-5-3-4-14(12-15)13-29)20(18)35(39-21(37)24(26,27)28)23(34)32-10-8-30-9-11-32/h1-7,12,23,30H,8-11H2,(H,31,36,38). The van der Waals surface area contributed by atoms with E-state index in [-0.39, 0.29) is 40.7 Å². The van der Waals surface area contributed by atoms with Gasteiger partial charge in [0.2, 0.25) is 6.29 Å². The number of H-pyrrole nitrogens is 1. The Morgan fingerprint density at radius 3 is 2.49 bits per heavy atom. The van der Waals surface area contributed by atoms with Crippen molar-refractivity contribution in [2.75, 3.05) is 36.1 Å². The number of piperazine rings is 1. The van der Waals surface area contributed by atoms with Crippen LogP contribution in [0.5, 0.6) is 0 Å². The van der Waals surface area contributed by atoms with Gasteiger partial charge < -0.3 is 10.2 Å². The van der Waals surface area contributed by atoms with Gasteiger partial charge in [0.1, 0.15) is 0 Å². The van der Waals surface area contributed by atoms with E-state index in [1.54, 1.807) is 23.1 Å². The zero-order chi connectivity index (χ0) is 27.9. The summed E-state index contributed by atoms with van der Waals surface area (Å²) in [5, 5.41) is 13.3. The molecular formula is C24H19ClF3N7O4. The molecule has 1 aromatic heterocycles. The molecule has 1 atom stereocenters. The molecule has 0 spiro atoms. The van der Waals surface area contributed by atoms with Gasteiger partial charge in [0, 0.05) is 26.2 Å². The predicted molar refractivity (Wildman–Crippen MR) is 134 cm³/mol. The van der Waals surface area contributed by atoms with Crippen LogP contribution in [-0.4, -0.2) is 59.1 Å². The number of halogens is 4. The molecular weight excluding hydrogens is 543 g/mol. The van der Waals surface area contributed by atoms with E-state index in [4.69, 9.17) is 16.4 Å². The van der Waals surface area contributed by atoms with Crippen LogP contribution < -0.4 is 26.5 Å². The maximum atomic E-state index is 13.5. The Balaban J connectivity index is 1.85. The summed E-state index contributed by atoms with van der Waals surface area (Å²) in [6.07, 6.45) is -6.72. The third kappa shape index (κ3) is 4.71. The zero-order valence-electron chi connectivity index (χ0n) is 19.9. The van der Waals surface area contributed by atoms with Gasteiger partial charge >= 0.3 is 17.8 Å². The van der Waals surface area contributed by atoms with Crippen LogP contribution >= 0.6 is 11.6 Å². The van der Waals surface area contributed by atoms with Crippen molar-refractivity contribution in [1.82, 2.24) is 19.8 Å². The lowest BCUT2D eigenvalue weighted by molar-refractivity contribution is -0.203. The number of aromatic amines is 1. The lowest BCUT2D eigenvalue weighted by Gasteiger charge is -2.41. The van der Waals surface area contributed by atoms with Gasteiger partial charge in [0.05, 0.1) is 28.0 Å². The topological polar surface area (TPSA) is 127 Å². The summed E-state index contributed by atoms with van der Waals surface area (Å²) in [6.45, 7) is 1.45. The number of nitriles is 1. The number of hydroxylamine groups is 1. The monoisotopic (exact) mass is 561 g/mol. The van der Waals surface area contributed by atoms with Gasteiger partial charge in [-0.05, 0) is 30.3 Å². The molecule has 0 radical (unpaired) electrons.